The molecule has 59 heavy (non-hydrogen) atoms. The molecule has 0 heterocycles. The van der Waals surface area contributed by atoms with Crippen molar-refractivity contribution in [3.05, 3.63) is 96.1 Å². The average molecular weight is 879 g/mol. The molecular formula is C46H62CaO10S2. The standard InChI is InChI=1S/2C23H32O5S.Ca/c2*1-2-3-4-5-6-7-8-9-10-12-19-13-11-14-20(17-19)28-23-16-15-21(18-22(23)24)29(25,26)27;/h2*11,13-18,24H,2-10,12H2,1H3,(H,25,26,27);/q;;+2/p-2. The number of phenolic OH excluding ortho intramolecular Hbond substituents is 1. The van der Waals surface area contributed by atoms with Crippen LogP contribution < -0.4 is 14.6 Å². The Morgan fingerprint density at radius 3 is 1.34 bits per heavy atom. The Balaban J connectivity index is 0.000000400. The van der Waals surface area contributed by atoms with Crippen LogP contribution in [0.25, 0.3) is 0 Å². The van der Waals surface area contributed by atoms with Gasteiger partial charge in [-0.25, -0.2) is 8.42 Å². The molecule has 4 aromatic rings. The predicted molar refractivity (Wildman–Crippen MR) is 232 cm³/mol. The summed E-state index contributed by atoms with van der Waals surface area (Å²) in [4.78, 5) is -0.921. The zero-order valence-electron chi connectivity index (χ0n) is 34.9. The molecule has 0 saturated carbocycles. The third-order valence-corrected chi connectivity index (χ3v) is 11.5. The second kappa shape index (κ2) is 28.6. The zero-order chi connectivity index (χ0) is 42.2. The van der Waals surface area contributed by atoms with Crippen molar-refractivity contribution < 1.29 is 45.6 Å². The Morgan fingerprint density at radius 1 is 0.525 bits per heavy atom. The maximum atomic E-state index is 12.0. The first kappa shape index (κ1) is 52.3. The van der Waals surface area contributed by atoms with E-state index in [1.54, 1.807) is 12.1 Å². The van der Waals surface area contributed by atoms with Crippen molar-refractivity contribution in [2.75, 3.05) is 0 Å². The van der Waals surface area contributed by atoms with Crippen molar-refractivity contribution in [2.24, 2.45) is 0 Å². The fourth-order valence-corrected chi connectivity index (χ4v) is 7.52. The number of unbranched alkanes of at least 4 members (excludes halogenated alkanes) is 16. The van der Waals surface area contributed by atoms with Crippen LogP contribution in [0.3, 0.4) is 0 Å². The van der Waals surface area contributed by atoms with Gasteiger partial charge in [0.25, 0.3) is 10.1 Å². The van der Waals surface area contributed by atoms with Gasteiger partial charge in [0.15, 0.2) is 11.5 Å². The third-order valence-electron chi connectivity index (χ3n) is 9.82. The molecule has 0 amide bonds. The maximum Gasteiger partial charge on any atom is 2.00 e. The topological polar surface area (TPSA) is 173 Å². The van der Waals surface area contributed by atoms with Gasteiger partial charge in [0, 0.05) is 6.07 Å². The van der Waals surface area contributed by atoms with Crippen LogP contribution in [0.5, 0.6) is 34.5 Å². The van der Waals surface area contributed by atoms with Crippen molar-refractivity contribution in [1.29, 1.82) is 0 Å². The van der Waals surface area contributed by atoms with Crippen LogP contribution in [0.1, 0.15) is 141 Å². The van der Waals surface area contributed by atoms with Gasteiger partial charge >= 0.3 is 37.7 Å². The van der Waals surface area contributed by atoms with E-state index >= 15 is 0 Å². The summed E-state index contributed by atoms with van der Waals surface area (Å²) in [5, 5.41) is 22.0. The summed E-state index contributed by atoms with van der Waals surface area (Å²) in [6.07, 6.45) is 25.1. The molecule has 320 valence electrons. The first-order valence-electron chi connectivity index (χ1n) is 20.9. The number of rotatable bonds is 26. The summed E-state index contributed by atoms with van der Waals surface area (Å²) in [7, 11) is -9.01. The molecule has 0 atom stereocenters. The Kier molecular flexibility index (Phi) is 25.4. The van der Waals surface area contributed by atoms with E-state index in [-0.39, 0.29) is 59.9 Å². The van der Waals surface area contributed by atoms with E-state index in [0.29, 0.717) is 11.5 Å². The van der Waals surface area contributed by atoms with Crippen LogP contribution in [0.15, 0.2) is 94.7 Å². The fraction of sp³-hybridized carbons (Fsp3) is 0.478. The zero-order valence-corrected chi connectivity index (χ0v) is 38.8. The molecule has 2 N–H and O–H groups in total. The van der Waals surface area contributed by atoms with Gasteiger partial charge in [-0.15, -0.1) is 0 Å². The van der Waals surface area contributed by atoms with E-state index in [2.05, 4.69) is 19.9 Å². The molecule has 0 saturated heterocycles. The van der Waals surface area contributed by atoms with Gasteiger partial charge < -0.3 is 24.2 Å². The fourth-order valence-electron chi connectivity index (χ4n) is 6.53. The molecule has 13 heteroatoms. The van der Waals surface area contributed by atoms with Gasteiger partial charge in [0.2, 0.25) is 0 Å². The Hall–Kier alpha value is -2.84. The predicted octanol–water partition coefficient (Wildman–Crippen LogP) is 11.7. The van der Waals surface area contributed by atoms with E-state index in [4.69, 9.17) is 14.0 Å². The SMILES string of the molecule is CCCCCCCCCCCc1cccc(Oc2ccc(S(=O)(=O)O)cc2O)c1.CCCCCCCCCCCc1cccc(Oc2ccc(S(=O)(=O)[O-])cc2[O-])c1.[Ca+2]. The summed E-state index contributed by atoms with van der Waals surface area (Å²) >= 11 is 0. The average Bonchev–Trinajstić information content (AvgIpc) is 3.18. The minimum Gasteiger partial charge on any atom is -0.870 e. The summed E-state index contributed by atoms with van der Waals surface area (Å²) in [6.45, 7) is 4.47. The molecule has 0 spiro atoms. The minimum absolute atomic E-state index is 0. The van der Waals surface area contributed by atoms with Crippen molar-refractivity contribution >= 4 is 58.0 Å². The Morgan fingerprint density at radius 2 is 0.932 bits per heavy atom. The maximum absolute atomic E-state index is 12.0. The second-order valence-electron chi connectivity index (χ2n) is 14.8. The number of aryl methyl sites for hydroxylation is 2. The monoisotopic (exact) mass is 878 g/mol. The molecule has 0 unspecified atom stereocenters. The Labute approximate surface area is 383 Å². The van der Waals surface area contributed by atoms with Crippen LogP contribution in [0.2, 0.25) is 0 Å². The summed E-state index contributed by atoms with van der Waals surface area (Å²) in [5.74, 6) is 0.257. The van der Waals surface area contributed by atoms with Gasteiger partial charge in [-0.1, -0.05) is 147 Å². The molecule has 0 radical (unpaired) electrons. The number of ether oxygens (including phenoxy) is 2. The normalized spacial score (nSPS) is 11.3. The van der Waals surface area contributed by atoms with Crippen LogP contribution in [-0.4, -0.2) is 68.8 Å². The summed E-state index contributed by atoms with van der Waals surface area (Å²) in [6, 6.07) is 21.8. The van der Waals surface area contributed by atoms with Crippen molar-refractivity contribution in [1.82, 2.24) is 0 Å². The molecule has 0 bridgehead atoms. The number of hydrogen-bond donors (Lipinski definition) is 2. The second-order valence-corrected chi connectivity index (χ2v) is 17.6. The van der Waals surface area contributed by atoms with E-state index in [1.165, 1.54) is 126 Å². The molecule has 0 aliphatic rings. The van der Waals surface area contributed by atoms with Crippen molar-refractivity contribution in [3.63, 3.8) is 0 Å². The van der Waals surface area contributed by atoms with Gasteiger partial charge in [-0.2, -0.15) is 8.42 Å². The summed E-state index contributed by atoms with van der Waals surface area (Å²) < 4.78 is 75.5. The van der Waals surface area contributed by atoms with E-state index in [1.807, 2.05) is 30.3 Å². The number of benzene rings is 4. The van der Waals surface area contributed by atoms with Crippen molar-refractivity contribution in [3.8, 4) is 34.5 Å². The van der Waals surface area contributed by atoms with Gasteiger partial charge in [0.1, 0.15) is 27.4 Å². The molecule has 0 aliphatic carbocycles. The smallest absolute Gasteiger partial charge is 0.870 e. The first-order valence-corrected chi connectivity index (χ1v) is 23.8. The molecule has 0 aromatic heterocycles. The minimum atomic E-state index is -4.65. The largest absolute Gasteiger partial charge is 2.00 e. The molecule has 0 fully saturated rings. The quantitative estimate of drug-likeness (QED) is 0.0351. The van der Waals surface area contributed by atoms with Crippen LogP contribution in [-0.2, 0) is 33.1 Å². The number of aromatic hydroxyl groups is 1. The van der Waals surface area contributed by atoms with Crippen LogP contribution in [0, 0.1) is 0 Å². The number of hydrogen-bond acceptors (Lipinski definition) is 9. The molecule has 10 nitrogen and oxygen atoms in total. The van der Waals surface area contributed by atoms with Crippen LogP contribution >= 0.6 is 0 Å². The van der Waals surface area contributed by atoms with Gasteiger partial charge in [0.05, 0.1) is 9.79 Å². The third kappa shape index (κ3) is 21.5. The van der Waals surface area contributed by atoms with Gasteiger partial charge in [-0.3, -0.25) is 4.55 Å². The number of phenols is 1. The molecule has 4 aromatic carbocycles. The van der Waals surface area contributed by atoms with E-state index < -0.39 is 30.9 Å². The van der Waals surface area contributed by atoms with E-state index in [0.717, 1.165) is 49.4 Å². The van der Waals surface area contributed by atoms with Crippen LogP contribution in [0.4, 0.5) is 0 Å². The van der Waals surface area contributed by atoms with E-state index in [9.17, 15) is 31.6 Å². The van der Waals surface area contributed by atoms with Gasteiger partial charge in [-0.05, 0) is 91.4 Å². The molecular weight excluding hydrogens is 817 g/mol. The van der Waals surface area contributed by atoms with Crippen molar-refractivity contribution in [2.45, 2.75) is 152 Å². The molecule has 4 rings (SSSR count). The molecule has 0 aliphatic heterocycles. The first-order chi connectivity index (χ1) is 27.8. The Bertz CT molecular complexity index is 1870. The summed E-state index contributed by atoms with van der Waals surface area (Å²) in [5.41, 5.74) is 2.30.